The van der Waals surface area contributed by atoms with E-state index in [0.29, 0.717) is 0 Å². The van der Waals surface area contributed by atoms with E-state index in [1.165, 1.54) is 0 Å². The van der Waals surface area contributed by atoms with Crippen molar-refractivity contribution < 1.29 is 36.6 Å². The molecule has 0 bridgehead atoms. The van der Waals surface area contributed by atoms with Crippen molar-refractivity contribution in [1.82, 2.24) is 0 Å². The van der Waals surface area contributed by atoms with Crippen molar-refractivity contribution in [3.05, 3.63) is 0 Å². The van der Waals surface area contributed by atoms with Gasteiger partial charge in [-0.1, -0.05) is 0 Å². The molecule has 0 aliphatic carbocycles. The van der Waals surface area contributed by atoms with E-state index < -0.39 is 33.2 Å². The molecule has 0 saturated heterocycles. The maximum atomic E-state index is 11.7. The second kappa shape index (κ2) is 3.50. The maximum Gasteiger partial charge on any atom is 0.498 e. The second-order valence-electron chi connectivity index (χ2n) is 2.00. The molecule has 13 heavy (non-hydrogen) atoms. The number of hydrogen-bond donors (Lipinski definition) is 2. The molecule has 0 amide bonds. The third-order valence-electron chi connectivity index (χ3n) is 1.14. The lowest BCUT2D eigenvalue weighted by Crippen LogP contribution is -2.41. The van der Waals surface area contributed by atoms with E-state index in [9.17, 15) is 26.4 Å². The van der Waals surface area contributed by atoms with Crippen molar-refractivity contribution in [1.29, 1.82) is 0 Å². The quantitative estimate of drug-likeness (QED) is 0.663. The monoisotopic (exact) mass is 222 g/mol. The van der Waals surface area contributed by atoms with Gasteiger partial charge in [0, 0.05) is 0 Å². The summed E-state index contributed by atoms with van der Waals surface area (Å²) in [4.78, 5) is 9.98. The minimum Gasteiger partial charge on any atom is -0.480 e. The normalized spacial score (nSPS) is 15.4. The summed E-state index contributed by atoms with van der Waals surface area (Å²) in [5, 5.41) is 13.3. The van der Waals surface area contributed by atoms with Gasteiger partial charge in [-0.15, -0.1) is 0 Å². The largest absolute Gasteiger partial charge is 0.498 e. The molecule has 1 atom stereocenters. The number of hydrogen-bond acceptors (Lipinski definition) is 4. The summed E-state index contributed by atoms with van der Waals surface area (Å²) in [6.45, 7) is -1.61. The molecule has 0 aliphatic heterocycles. The zero-order valence-electron chi connectivity index (χ0n) is 5.95. The standard InChI is InChI=1S/C4H5F3O5S/c5-4(6,7)13(11,12)2(1-8)3(9)10/h2,8H,1H2,(H,9,10). The molecule has 0 fully saturated rings. The van der Waals surface area contributed by atoms with Gasteiger partial charge in [0.1, 0.15) is 0 Å². The molecular formula is C4H5F3O5S. The molecule has 9 heteroatoms. The Morgan fingerprint density at radius 1 is 1.38 bits per heavy atom. The number of aliphatic hydroxyl groups excluding tert-OH is 1. The van der Waals surface area contributed by atoms with Gasteiger partial charge in [0.2, 0.25) is 0 Å². The molecule has 0 aromatic rings. The van der Waals surface area contributed by atoms with Gasteiger partial charge >= 0.3 is 11.5 Å². The van der Waals surface area contributed by atoms with Crippen LogP contribution in [0.4, 0.5) is 13.2 Å². The van der Waals surface area contributed by atoms with Crippen LogP contribution in [0.5, 0.6) is 0 Å². The predicted molar refractivity (Wildman–Crippen MR) is 33.5 cm³/mol. The number of sulfone groups is 1. The number of aliphatic hydroxyl groups is 1. The Hall–Kier alpha value is -0.830. The Labute approximate surface area is 70.7 Å². The Bertz CT molecular complexity index is 291. The Morgan fingerprint density at radius 3 is 1.85 bits per heavy atom. The van der Waals surface area contributed by atoms with E-state index in [0.717, 1.165) is 0 Å². The summed E-state index contributed by atoms with van der Waals surface area (Å²) >= 11 is 0. The summed E-state index contributed by atoms with van der Waals surface area (Å²) in [5.41, 5.74) is -5.67. The van der Waals surface area contributed by atoms with Crippen molar-refractivity contribution in [3.63, 3.8) is 0 Å². The van der Waals surface area contributed by atoms with Crippen LogP contribution < -0.4 is 0 Å². The van der Waals surface area contributed by atoms with Crippen LogP contribution >= 0.6 is 0 Å². The summed E-state index contributed by atoms with van der Waals surface area (Å²) < 4.78 is 55.7. The number of halogens is 3. The fourth-order valence-corrected chi connectivity index (χ4v) is 1.25. The van der Waals surface area contributed by atoms with Gasteiger partial charge in [-0.3, -0.25) is 4.79 Å². The molecule has 0 aliphatic rings. The summed E-state index contributed by atoms with van der Waals surface area (Å²) in [6.07, 6.45) is 0. The molecule has 0 saturated carbocycles. The number of aliphatic carboxylic acids is 1. The van der Waals surface area contributed by atoms with Gasteiger partial charge in [-0.2, -0.15) is 13.2 Å². The predicted octanol–water partition coefficient (Wildman–Crippen LogP) is -0.633. The van der Waals surface area contributed by atoms with Crippen LogP contribution in [-0.2, 0) is 14.6 Å². The number of carbonyl (C=O) groups is 1. The third-order valence-corrected chi connectivity index (χ3v) is 2.88. The number of rotatable bonds is 3. The first kappa shape index (κ1) is 12.2. The first-order valence-corrected chi connectivity index (χ1v) is 4.33. The molecule has 5 nitrogen and oxygen atoms in total. The zero-order chi connectivity index (χ0) is 10.9. The summed E-state index contributed by atoms with van der Waals surface area (Å²) in [6, 6.07) is 0. The number of carboxylic acid groups (broad SMARTS) is 1. The van der Waals surface area contributed by atoms with E-state index >= 15 is 0 Å². The highest BCUT2D eigenvalue weighted by Crippen LogP contribution is 2.27. The van der Waals surface area contributed by atoms with Crippen LogP contribution in [0.3, 0.4) is 0 Å². The lowest BCUT2D eigenvalue weighted by atomic mass is 10.5. The smallest absolute Gasteiger partial charge is 0.480 e. The maximum absolute atomic E-state index is 11.7. The highest BCUT2D eigenvalue weighted by molar-refractivity contribution is 7.93. The van der Waals surface area contributed by atoms with Crippen molar-refractivity contribution >= 4 is 15.8 Å². The van der Waals surface area contributed by atoms with Crippen molar-refractivity contribution in [2.45, 2.75) is 10.8 Å². The molecule has 78 valence electrons. The molecule has 1 unspecified atom stereocenters. The SMILES string of the molecule is O=C(O)C(CO)S(=O)(=O)C(F)(F)F. The fraction of sp³-hybridized carbons (Fsp3) is 0.750. The van der Waals surface area contributed by atoms with E-state index in [2.05, 4.69) is 0 Å². The Kier molecular flexibility index (Phi) is 3.28. The lowest BCUT2D eigenvalue weighted by Gasteiger charge is -2.12. The zero-order valence-corrected chi connectivity index (χ0v) is 6.76. The van der Waals surface area contributed by atoms with Crippen LogP contribution in [0.1, 0.15) is 0 Å². The van der Waals surface area contributed by atoms with Gasteiger partial charge < -0.3 is 10.2 Å². The van der Waals surface area contributed by atoms with Crippen molar-refractivity contribution in [3.8, 4) is 0 Å². The Balaban J connectivity index is 5.15. The van der Waals surface area contributed by atoms with Crippen molar-refractivity contribution in [2.24, 2.45) is 0 Å². The highest BCUT2D eigenvalue weighted by atomic mass is 32.2. The van der Waals surface area contributed by atoms with Crippen LogP contribution in [-0.4, -0.2) is 42.0 Å². The van der Waals surface area contributed by atoms with Crippen LogP contribution in [0.25, 0.3) is 0 Å². The van der Waals surface area contributed by atoms with Gasteiger partial charge in [0.15, 0.2) is 5.25 Å². The van der Waals surface area contributed by atoms with Crippen LogP contribution in [0, 0.1) is 0 Å². The van der Waals surface area contributed by atoms with E-state index in [1.54, 1.807) is 0 Å². The topological polar surface area (TPSA) is 91.7 Å². The van der Waals surface area contributed by atoms with E-state index in [-0.39, 0.29) is 0 Å². The third kappa shape index (κ3) is 2.31. The summed E-state index contributed by atoms with van der Waals surface area (Å²) in [5.74, 6) is -2.24. The minimum atomic E-state index is -5.84. The minimum absolute atomic E-state index is 1.61. The average molecular weight is 222 g/mol. The average Bonchev–Trinajstić information content (AvgIpc) is 1.83. The number of carboxylic acids is 1. The first-order chi connectivity index (χ1) is 5.64. The van der Waals surface area contributed by atoms with Crippen LogP contribution in [0.15, 0.2) is 0 Å². The molecular weight excluding hydrogens is 217 g/mol. The lowest BCUT2D eigenvalue weighted by molar-refractivity contribution is -0.137. The van der Waals surface area contributed by atoms with Crippen LogP contribution in [0.2, 0.25) is 0 Å². The molecule has 0 aromatic carbocycles. The van der Waals surface area contributed by atoms with E-state index in [4.69, 9.17) is 10.2 Å². The van der Waals surface area contributed by atoms with Gasteiger partial charge in [0.25, 0.3) is 9.84 Å². The fourth-order valence-electron chi connectivity index (χ4n) is 0.470. The molecule has 0 heterocycles. The molecule has 2 N–H and O–H groups in total. The summed E-state index contributed by atoms with van der Waals surface area (Å²) in [7, 11) is -5.84. The van der Waals surface area contributed by atoms with Gasteiger partial charge in [0.05, 0.1) is 6.61 Å². The second-order valence-corrected chi connectivity index (χ2v) is 4.12. The molecule has 0 rings (SSSR count). The van der Waals surface area contributed by atoms with Gasteiger partial charge in [-0.25, -0.2) is 8.42 Å². The Morgan fingerprint density at radius 2 is 1.77 bits per heavy atom. The highest BCUT2D eigenvalue weighted by Gasteiger charge is 2.53. The first-order valence-electron chi connectivity index (χ1n) is 2.78. The van der Waals surface area contributed by atoms with Crippen molar-refractivity contribution in [2.75, 3.05) is 6.61 Å². The van der Waals surface area contributed by atoms with E-state index in [1.807, 2.05) is 0 Å². The number of alkyl halides is 3. The molecule has 0 spiro atoms. The van der Waals surface area contributed by atoms with Gasteiger partial charge in [-0.05, 0) is 0 Å². The molecule has 0 aromatic heterocycles. The molecule has 0 radical (unpaired) electrons.